The maximum absolute atomic E-state index is 12.8. The molecule has 0 radical (unpaired) electrons. The molecule has 1 aliphatic carbocycles. The SMILES string of the molecule is Cc1cc(O)c2c(c1)C(=O)c1cc(OCC=C(CO)CO)cc(O)c1C2=O. The van der Waals surface area contributed by atoms with Crippen molar-refractivity contribution in [2.75, 3.05) is 19.8 Å². The van der Waals surface area contributed by atoms with Crippen LogP contribution in [0.3, 0.4) is 0 Å². The number of ketones is 2. The minimum Gasteiger partial charge on any atom is -0.507 e. The summed E-state index contributed by atoms with van der Waals surface area (Å²) in [5, 5.41) is 38.4. The molecule has 2 aromatic carbocycles. The van der Waals surface area contributed by atoms with Crippen molar-refractivity contribution in [3.05, 3.63) is 63.7 Å². The summed E-state index contributed by atoms with van der Waals surface area (Å²) in [7, 11) is 0. The molecule has 2 aromatic rings. The number of phenols is 2. The van der Waals surface area contributed by atoms with Crippen LogP contribution in [0.5, 0.6) is 17.2 Å². The van der Waals surface area contributed by atoms with E-state index < -0.39 is 17.3 Å². The third-order valence-electron chi connectivity index (χ3n) is 4.32. The summed E-state index contributed by atoms with van der Waals surface area (Å²) >= 11 is 0. The summed E-state index contributed by atoms with van der Waals surface area (Å²) < 4.78 is 5.43. The van der Waals surface area contributed by atoms with Gasteiger partial charge < -0.3 is 25.2 Å². The first-order chi connectivity index (χ1) is 12.9. The van der Waals surface area contributed by atoms with Gasteiger partial charge in [0.1, 0.15) is 23.9 Å². The molecule has 0 aliphatic heterocycles. The number of phenolic OH excluding ortho intramolecular Hbond substituents is 2. The zero-order chi connectivity index (χ0) is 19.7. The Morgan fingerprint density at radius 3 is 2.15 bits per heavy atom. The van der Waals surface area contributed by atoms with Crippen LogP contribution in [0.2, 0.25) is 0 Å². The lowest BCUT2D eigenvalue weighted by atomic mass is 9.82. The van der Waals surface area contributed by atoms with Crippen LogP contribution >= 0.6 is 0 Å². The summed E-state index contributed by atoms with van der Waals surface area (Å²) in [6.07, 6.45) is 1.47. The van der Waals surface area contributed by atoms with Crippen molar-refractivity contribution in [1.29, 1.82) is 0 Å². The Morgan fingerprint density at radius 1 is 0.926 bits per heavy atom. The molecular weight excluding hydrogens is 352 g/mol. The Kier molecular flexibility index (Phi) is 4.98. The molecule has 140 valence electrons. The largest absolute Gasteiger partial charge is 0.507 e. The summed E-state index contributed by atoms with van der Waals surface area (Å²) in [6.45, 7) is 1.05. The normalized spacial score (nSPS) is 12.4. The van der Waals surface area contributed by atoms with Gasteiger partial charge in [0.25, 0.3) is 0 Å². The van der Waals surface area contributed by atoms with Crippen LogP contribution in [-0.4, -0.2) is 51.8 Å². The Labute approximate surface area is 154 Å². The average Bonchev–Trinajstić information content (AvgIpc) is 2.62. The number of fused-ring (bicyclic) bond motifs is 2. The second kappa shape index (κ2) is 7.22. The minimum atomic E-state index is -0.635. The molecule has 7 nitrogen and oxygen atoms in total. The van der Waals surface area contributed by atoms with Crippen molar-refractivity contribution in [2.24, 2.45) is 0 Å². The summed E-state index contributed by atoms with van der Waals surface area (Å²) in [5.74, 6) is -1.72. The lowest BCUT2D eigenvalue weighted by Crippen LogP contribution is -2.21. The fourth-order valence-electron chi connectivity index (χ4n) is 2.99. The molecule has 0 saturated heterocycles. The second-order valence-electron chi connectivity index (χ2n) is 6.22. The van der Waals surface area contributed by atoms with Gasteiger partial charge in [0.15, 0.2) is 5.78 Å². The Morgan fingerprint density at radius 2 is 1.52 bits per heavy atom. The van der Waals surface area contributed by atoms with E-state index in [1.165, 1.54) is 30.3 Å². The van der Waals surface area contributed by atoms with Crippen molar-refractivity contribution < 1.29 is 34.8 Å². The fourth-order valence-corrected chi connectivity index (χ4v) is 2.99. The first kappa shape index (κ1) is 18.6. The van der Waals surface area contributed by atoms with Gasteiger partial charge in [-0.05, 0) is 42.3 Å². The van der Waals surface area contributed by atoms with Gasteiger partial charge in [0.2, 0.25) is 5.78 Å². The van der Waals surface area contributed by atoms with E-state index in [1.54, 1.807) is 6.92 Å². The number of benzene rings is 2. The van der Waals surface area contributed by atoms with Gasteiger partial charge in [-0.2, -0.15) is 0 Å². The number of ether oxygens (including phenoxy) is 1. The lowest BCUT2D eigenvalue weighted by Gasteiger charge is -2.20. The van der Waals surface area contributed by atoms with E-state index in [0.29, 0.717) is 11.1 Å². The van der Waals surface area contributed by atoms with Crippen molar-refractivity contribution in [3.8, 4) is 17.2 Å². The third-order valence-corrected chi connectivity index (χ3v) is 4.32. The zero-order valence-electron chi connectivity index (χ0n) is 14.5. The molecule has 7 heteroatoms. The smallest absolute Gasteiger partial charge is 0.201 e. The quantitative estimate of drug-likeness (QED) is 0.501. The number of aliphatic hydroxyl groups is 2. The number of aliphatic hydroxyl groups excluding tert-OH is 2. The Hall–Kier alpha value is -3.16. The summed E-state index contributed by atoms with van der Waals surface area (Å²) in [5.41, 5.74) is 0.744. The predicted octanol–water partition coefficient (Wildman–Crippen LogP) is 1.47. The molecule has 27 heavy (non-hydrogen) atoms. The van der Waals surface area contributed by atoms with Crippen LogP contribution in [0.4, 0.5) is 0 Å². The lowest BCUT2D eigenvalue weighted by molar-refractivity contribution is 0.0974. The van der Waals surface area contributed by atoms with Crippen LogP contribution in [0.1, 0.15) is 37.4 Å². The highest BCUT2D eigenvalue weighted by molar-refractivity contribution is 6.30. The van der Waals surface area contributed by atoms with E-state index in [2.05, 4.69) is 0 Å². The molecule has 0 amide bonds. The molecule has 0 atom stereocenters. The number of aryl methyl sites for hydroxylation is 1. The van der Waals surface area contributed by atoms with Gasteiger partial charge in [-0.25, -0.2) is 0 Å². The number of rotatable bonds is 5. The van der Waals surface area contributed by atoms with E-state index in [1.807, 2.05) is 0 Å². The van der Waals surface area contributed by atoms with Crippen LogP contribution < -0.4 is 4.74 Å². The van der Waals surface area contributed by atoms with Gasteiger partial charge in [-0.1, -0.05) is 0 Å². The third kappa shape index (κ3) is 3.30. The van der Waals surface area contributed by atoms with Crippen LogP contribution in [-0.2, 0) is 0 Å². The molecule has 0 bridgehead atoms. The number of carbonyl (C=O) groups excluding carboxylic acids is 2. The molecular formula is C20H18O7. The first-order valence-corrected chi connectivity index (χ1v) is 8.19. The molecule has 4 N–H and O–H groups in total. The predicted molar refractivity (Wildman–Crippen MR) is 95.6 cm³/mol. The van der Waals surface area contributed by atoms with Gasteiger partial charge in [0.05, 0.1) is 24.3 Å². The molecule has 0 aromatic heterocycles. The Bertz CT molecular complexity index is 967. The maximum Gasteiger partial charge on any atom is 0.201 e. The molecule has 0 spiro atoms. The van der Waals surface area contributed by atoms with Crippen LogP contribution in [0, 0.1) is 6.92 Å². The monoisotopic (exact) mass is 370 g/mol. The standard InChI is InChI=1S/C20H18O7/c1-10-4-13-17(15(23)5-10)20(26)18-14(19(13)25)6-12(7-16(18)24)27-3-2-11(8-21)9-22/h2,4-7,21-24H,3,8-9H2,1H3. The maximum atomic E-state index is 12.8. The topological polar surface area (TPSA) is 124 Å². The number of carbonyl (C=O) groups is 2. The van der Waals surface area contributed by atoms with Crippen LogP contribution in [0.15, 0.2) is 35.9 Å². The van der Waals surface area contributed by atoms with Gasteiger partial charge in [0, 0.05) is 17.2 Å². The van der Waals surface area contributed by atoms with Crippen molar-refractivity contribution >= 4 is 11.6 Å². The van der Waals surface area contributed by atoms with Crippen molar-refractivity contribution in [3.63, 3.8) is 0 Å². The van der Waals surface area contributed by atoms with Crippen LogP contribution in [0.25, 0.3) is 0 Å². The van der Waals surface area contributed by atoms with E-state index >= 15 is 0 Å². The second-order valence-corrected chi connectivity index (χ2v) is 6.22. The molecule has 3 rings (SSSR count). The van der Waals surface area contributed by atoms with Crippen molar-refractivity contribution in [2.45, 2.75) is 6.92 Å². The molecule has 0 heterocycles. The molecule has 0 fully saturated rings. The molecule has 0 saturated carbocycles. The highest BCUT2D eigenvalue weighted by atomic mass is 16.5. The van der Waals surface area contributed by atoms with E-state index in [0.717, 1.165) is 0 Å². The zero-order valence-corrected chi connectivity index (χ0v) is 14.5. The van der Waals surface area contributed by atoms with Gasteiger partial charge in [-0.3, -0.25) is 9.59 Å². The number of hydrogen-bond acceptors (Lipinski definition) is 7. The summed E-state index contributed by atoms with van der Waals surface area (Å²) in [6, 6.07) is 5.45. The average molecular weight is 370 g/mol. The van der Waals surface area contributed by atoms with E-state index in [-0.39, 0.29) is 53.6 Å². The van der Waals surface area contributed by atoms with E-state index in [4.69, 9.17) is 14.9 Å². The molecule has 0 unspecified atom stereocenters. The van der Waals surface area contributed by atoms with E-state index in [9.17, 15) is 19.8 Å². The Balaban J connectivity index is 2.01. The number of aromatic hydroxyl groups is 2. The minimum absolute atomic E-state index is 0.00665. The highest BCUT2D eigenvalue weighted by Crippen LogP contribution is 2.39. The fraction of sp³-hybridized carbons (Fsp3) is 0.200. The number of hydrogen-bond donors (Lipinski definition) is 4. The summed E-state index contributed by atoms with van der Waals surface area (Å²) in [4.78, 5) is 25.5. The van der Waals surface area contributed by atoms with Gasteiger partial charge in [-0.15, -0.1) is 0 Å². The van der Waals surface area contributed by atoms with Gasteiger partial charge >= 0.3 is 0 Å². The highest BCUT2D eigenvalue weighted by Gasteiger charge is 2.35. The molecule has 1 aliphatic rings. The van der Waals surface area contributed by atoms with Crippen molar-refractivity contribution in [1.82, 2.24) is 0 Å². The first-order valence-electron chi connectivity index (χ1n) is 8.19.